The lowest BCUT2D eigenvalue weighted by atomic mass is 10.0. The maximum Gasteiger partial charge on any atom is 0.242 e. The van der Waals surface area contributed by atoms with Crippen molar-refractivity contribution in [2.24, 2.45) is 0 Å². The summed E-state index contributed by atoms with van der Waals surface area (Å²) in [7, 11) is 0. The van der Waals surface area contributed by atoms with E-state index >= 15 is 0 Å². The van der Waals surface area contributed by atoms with Crippen LogP contribution >= 0.6 is 11.6 Å². The summed E-state index contributed by atoms with van der Waals surface area (Å²) in [5.41, 5.74) is 3.21. The van der Waals surface area contributed by atoms with Crippen LogP contribution in [0, 0.1) is 13.8 Å². The fourth-order valence-corrected chi connectivity index (χ4v) is 1.55. The number of halogens is 1. The van der Waals surface area contributed by atoms with Crippen molar-refractivity contribution in [3.8, 4) is 0 Å². The average molecular weight is 226 g/mol. The van der Waals surface area contributed by atoms with Crippen molar-refractivity contribution in [1.82, 2.24) is 5.32 Å². The summed E-state index contributed by atoms with van der Waals surface area (Å²) in [6, 6.07) is 5.84. The van der Waals surface area contributed by atoms with E-state index in [-0.39, 0.29) is 5.91 Å². The highest BCUT2D eigenvalue weighted by molar-refractivity contribution is 6.30. The summed E-state index contributed by atoms with van der Waals surface area (Å²) in [5, 5.41) is 2.11. The fourth-order valence-electron chi connectivity index (χ4n) is 1.34. The van der Waals surface area contributed by atoms with Gasteiger partial charge in [-0.1, -0.05) is 18.2 Å². The Kier molecular flexibility index (Phi) is 4.15. The molecular formula is C12H16ClNO. The lowest BCUT2D eigenvalue weighted by Gasteiger charge is -2.11. The predicted molar refractivity (Wildman–Crippen MR) is 63.2 cm³/mol. The van der Waals surface area contributed by atoms with Crippen LogP contribution in [0.3, 0.4) is 0 Å². The highest BCUT2D eigenvalue weighted by Gasteiger charge is 2.16. The molecule has 0 fully saturated rings. The van der Waals surface area contributed by atoms with E-state index in [9.17, 15) is 4.79 Å². The summed E-state index contributed by atoms with van der Waals surface area (Å²) in [4.78, 5) is 11.5. The molecule has 15 heavy (non-hydrogen) atoms. The van der Waals surface area contributed by atoms with E-state index in [2.05, 4.69) is 5.32 Å². The molecule has 0 bridgehead atoms. The van der Waals surface area contributed by atoms with Gasteiger partial charge in [-0.15, -0.1) is 11.6 Å². The minimum Gasteiger partial charge on any atom is -0.355 e. The first-order chi connectivity index (χ1) is 7.06. The lowest BCUT2D eigenvalue weighted by molar-refractivity contribution is -0.120. The van der Waals surface area contributed by atoms with Gasteiger partial charge in [-0.25, -0.2) is 0 Å². The number of aryl methyl sites for hydroxylation is 2. The van der Waals surface area contributed by atoms with Crippen LogP contribution in [0.15, 0.2) is 18.2 Å². The molecule has 0 heterocycles. The van der Waals surface area contributed by atoms with Gasteiger partial charge in [-0.2, -0.15) is 0 Å². The predicted octanol–water partition coefficient (Wildman–Crippen LogP) is 2.72. The van der Waals surface area contributed by atoms with Crippen LogP contribution in [0.25, 0.3) is 0 Å². The van der Waals surface area contributed by atoms with Gasteiger partial charge in [0.05, 0.1) is 0 Å². The Bertz CT molecular complexity index is 363. The minimum absolute atomic E-state index is 0.137. The molecular weight excluding hydrogens is 210 g/mol. The van der Waals surface area contributed by atoms with Crippen molar-refractivity contribution in [3.63, 3.8) is 0 Å². The molecule has 1 rings (SSSR count). The first kappa shape index (κ1) is 12.1. The van der Waals surface area contributed by atoms with E-state index < -0.39 is 5.38 Å². The average Bonchev–Trinajstić information content (AvgIpc) is 2.21. The number of likely N-dealkylation sites (N-methyl/N-ethyl adjacent to an activating group) is 1. The monoisotopic (exact) mass is 225 g/mol. The second kappa shape index (κ2) is 5.17. The molecule has 1 aromatic rings. The number of hydrogen-bond acceptors (Lipinski definition) is 1. The largest absolute Gasteiger partial charge is 0.355 e. The molecule has 0 radical (unpaired) electrons. The molecule has 0 aliphatic heterocycles. The van der Waals surface area contributed by atoms with E-state index in [1.165, 1.54) is 5.56 Å². The molecule has 0 saturated heterocycles. The van der Waals surface area contributed by atoms with Crippen LogP contribution in [0.1, 0.15) is 29.0 Å². The Morgan fingerprint density at radius 1 is 1.40 bits per heavy atom. The van der Waals surface area contributed by atoms with Crippen LogP contribution in [-0.4, -0.2) is 12.5 Å². The highest BCUT2D eigenvalue weighted by atomic mass is 35.5. The molecule has 1 N–H and O–H groups in total. The van der Waals surface area contributed by atoms with E-state index in [4.69, 9.17) is 11.6 Å². The zero-order chi connectivity index (χ0) is 11.4. The van der Waals surface area contributed by atoms with Gasteiger partial charge in [-0.3, -0.25) is 4.79 Å². The molecule has 82 valence electrons. The second-order valence-electron chi connectivity index (χ2n) is 3.60. The van der Waals surface area contributed by atoms with Crippen LogP contribution in [0.4, 0.5) is 0 Å². The first-order valence-corrected chi connectivity index (χ1v) is 5.48. The van der Waals surface area contributed by atoms with Gasteiger partial charge in [-0.05, 0) is 37.5 Å². The third kappa shape index (κ3) is 2.96. The smallest absolute Gasteiger partial charge is 0.242 e. The fraction of sp³-hybridized carbons (Fsp3) is 0.417. The number of benzene rings is 1. The highest BCUT2D eigenvalue weighted by Crippen LogP contribution is 2.22. The Hall–Kier alpha value is -1.02. The van der Waals surface area contributed by atoms with Gasteiger partial charge in [0.25, 0.3) is 0 Å². The van der Waals surface area contributed by atoms with Gasteiger partial charge in [0.1, 0.15) is 5.38 Å². The van der Waals surface area contributed by atoms with Crippen molar-refractivity contribution in [2.75, 3.05) is 6.54 Å². The summed E-state index contributed by atoms with van der Waals surface area (Å²) in [5.74, 6) is -0.137. The standard InChI is InChI=1S/C12H16ClNO/c1-4-14-12(15)11(13)10-6-5-8(2)9(3)7-10/h5-7,11H,4H2,1-3H3,(H,14,15). The Morgan fingerprint density at radius 2 is 2.07 bits per heavy atom. The minimum atomic E-state index is -0.593. The molecule has 0 saturated carbocycles. The zero-order valence-electron chi connectivity index (χ0n) is 9.30. The number of hydrogen-bond donors (Lipinski definition) is 1. The maximum absolute atomic E-state index is 11.5. The first-order valence-electron chi connectivity index (χ1n) is 5.05. The van der Waals surface area contributed by atoms with E-state index in [1.54, 1.807) is 0 Å². The Morgan fingerprint density at radius 3 is 2.60 bits per heavy atom. The van der Waals surface area contributed by atoms with Gasteiger partial charge in [0, 0.05) is 6.54 Å². The van der Waals surface area contributed by atoms with E-state index in [0.717, 1.165) is 11.1 Å². The number of carbonyl (C=O) groups excluding carboxylic acids is 1. The van der Waals surface area contributed by atoms with Crippen LogP contribution in [0.5, 0.6) is 0 Å². The quantitative estimate of drug-likeness (QED) is 0.788. The van der Waals surface area contributed by atoms with Crippen LogP contribution < -0.4 is 5.32 Å². The van der Waals surface area contributed by atoms with Crippen molar-refractivity contribution in [3.05, 3.63) is 34.9 Å². The topological polar surface area (TPSA) is 29.1 Å². The van der Waals surface area contributed by atoms with Gasteiger partial charge < -0.3 is 5.32 Å². The molecule has 0 aromatic heterocycles. The summed E-state index contributed by atoms with van der Waals surface area (Å²) in [6.45, 7) is 6.53. The third-order valence-electron chi connectivity index (χ3n) is 2.40. The molecule has 1 unspecified atom stereocenters. The van der Waals surface area contributed by atoms with Gasteiger partial charge in [0.2, 0.25) is 5.91 Å². The lowest BCUT2D eigenvalue weighted by Crippen LogP contribution is -2.26. The van der Waals surface area contributed by atoms with Crippen molar-refractivity contribution in [1.29, 1.82) is 0 Å². The molecule has 1 atom stereocenters. The Labute approximate surface area is 95.6 Å². The third-order valence-corrected chi connectivity index (χ3v) is 2.85. The summed E-state index contributed by atoms with van der Waals surface area (Å²) < 4.78 is 0. The molecule has 1 amide bonds. The SMILES string of the molecule is CCNC(=O)C(Cl)c1ccc(C)c(C)c1. The Balaban J connectivity index is 2.86. The number of nitrogens with one attached hydrogen (secondary N) is 1. The summed E-state index contributed by atoms with van der Waals surface area (Å²) in [6.07, 6.45) is 0. The molecule has 0 aliphatic carbocycles. The summed E-state index contributed by atoms with van der Waals surface area (Å²) >= 11 is 6.05. The second-order valence-corrected chi connectivity index (χ2v) is 4.04. The maximum atomic E-state index is 11.5. The van der Waals surface area contributed by atoms with Crippen molar-refractivity contribution in [2.45, 2.75) is 26.1 Å². The normalized spacial score (nSPS) is 12.3. The zero-order valence-corrected chi connectivity index (χ0v) is 10.1. The van der Waals surface area contributed by atoms with Gasteiger partial charge >= 0.3 is 0 Å². The number of rotatable bonds is 3. The van der Waals surface area contributed by atoms with Crippen molar-refractivity contribution >= 4 is 17.5 Å². The number of carbonyl (C=O) groups is 1. The number of alkyl halides is 1. The molecule has 1 aromatic carbocycles. The van der Waals surface area contributed by atoms with Crippen LogP contribution in [0.2, 0.25) is 0 Å². The molecule has 0 aliphatic rings. The van der Waals surface area contributed by atoms with Crippen molar-refractivity contribution < 1.29 is 4.79 Å². The van der Waals surface area contributed by atoms with Gasteiger partial charge in [0.15, 0.2) is 0 Å². The molecule has 0 spiro atoms. The van der Waals surface area contributed by atoms with Crippen LogP contribution in [-0.2, 0) is 4.79 Å². The van der Waals surface area contributed by atoms with E-state index in [1.807, 2.05) is 39.0 Å². The van der Waals surface area contributed by atoms with E-state index in [0.29, 0.717) is 6.54 Å². The molecule has 3 heteroatoms. The molecule has 2 nitrogen and oxygen atoms in total. The number of amides is 1.